The van der Waals surface area contributed by atoms with Gasteiger partial charge in [-0.15, -0.1) is 0 Å². The molecule has 1 rings (SSSR count). The third-order valence-electron chi connectivity index (χ3n) is 1.47. The van der Waals surface area contributed by atoms with Crippen molar-refractivity contribution >= 4 is 47.4 Å². The summed E-state index contributed by atoms with van der Waals surface area (Å²) < 4.78 is 0. The van der Waals surface area contributed by atoms with Gasteiger partial charge in [0.25, 0.3) is 0 Å². The van der Waals surface area contributed by atoms with E-state index in [2.05, 4.69) is 10.6 Å². The van der Waals surface area contributed by atoms with Crippen molar-refractivity contribution in [3.8, 4) is 0 Å². The predicted molar refractivity (Wildman–Crippen MR) is 55.8 cm³/mol. The Balaban J connectivity index is 3.10. The van der Waals surface area contributed by atoms with E-state index in [1.165, 1.54) is 12.1 Å². The van der Waals surface area contributed by atoms with Gasteiger partial charge >= 0.3 is 0 Å². The van der Waals surface area contributed by atoms with Gasteiger partial charge in [-0.25, -0.2) is 0 Å². The Bertz CT molecular complexity index is 345. The summed E-state index contributed by atoms with van der Waals surface area (Å²) in [5.41, 5.74) is 0.784. The summed E-state index contributed by atoms with van der Waals surface area (Å²) in [5, 5.41) is 5.26. The number of hydrogen-bond donors (Lipinski definition) is 2. The van der Waals surface area contributed by atoms with Gasteiger partial charge in [0.1, 0.15) is 0 Å². The number of carbonyl (C=O) groups excluding carboxylic acids is 2. The maximum atomic E-state index is 10.2. The molecule has 0 saturated heterocycles. The molecule has 0 spiro atoms. The van der Waals surface area contributed by atoms with Crippen molar-refractivity contribution < 1.29 is 9.59 Å². The topological polar surface area (TPSA) is 58.2 Å². The second kappa shape index (κ2) is 4.83. The van der Waals surface area contributed by atoms with Crippen molar-refractivity contribution in [3.05, 3.63) is 22.2 Å². The van der Waals surface area contributed by atoms with Gasteiger partial charge in [-0.05, 0) is 12.1 Å². The minimum Gasteiger partial charge on any atom is -0.329 e. The zero-order valence-electron chi connectivity index (χ0n) is 6.88. The molecule has 2 amide bonds. The van der Waals surface area contributed by atoms with Gasteiger partial charge in [0, 0.05) is 5.69 Å². The van der Waals surface area contributed by atoms with E-state index in [1.54, 1.807) is 0 Å². The number of nitrogens with one attached hydrogen (secondary N) is 2. The molecule has 1 aromatic carbocycles. The smallest absolute Gasteiger partial charge is 0.211 e. The number of rotatable bonds is 4. The van der Waals surface area contributed by atoms with Crippen LogP contribution < -0.4 is 10.6 Å². The molecule has 14 heavy (non-hydrogen) atoms. The van der Waals surface area contributed by atoms with Crippen LogP contribution in [0.5, 0.6) is 0 Å². The Morgan fingerprint density at radius 2 is 1.50 bits per heavy atom. The zero-order chi connectivity index (χ0) is 10.6. The van der Waals surface area contributed by atoms with Gasteiger partial charge < -0.3 is 10.6 Å². The highest BCUT2D eigenvalue weighted by Crippen LogP contribution is 2.33. The predicted octanol–water partition coefficient (Wildman–Crippen LogP) is 2.13. The van der Waals surface area contributed by atoms with Crippen LogP contribution >= 0.6 is 23.2 Å². The van der Waals surface area contributed by atoms with Gasteiger partial charge in [-0.3, -0.25) is 9.59 Å². The van der Waals surface area contributed by atoms with Crippen LogP contribution in [0, 0.1) is 0 Å². The average molecular weight is 233 g/mol. The van der Waals surface area contributed by atoms with E-state index >= 15 is 0 Å². The van der Waals surface area contributed by atoms with Gasteiger partial charge in [0.2, 0.25) is 12.8 Å². The molecule has 0 aliphatic carbocycles. The van der Waals surface area contributed by atoms with E-state index in [0.717, 1.165) is 0 Å². The molecule has 0 atom stereocenters. The van der Waals surface area contributed by atoms with Crippen molar-refractivity contribution in [1.82, 2.24) is 0 Å². The standard InChI is InChI=1S/C8H6Cl2N2O2/c9-6-1-5(11-3-13)2-7(10)8(6)12-4-14/h1-4H,(H,11,13)(H,12,14). The van der Waals surface area contributed by atoms with Crippen LogP contribution in [0.2, 0.25) is 10.0 Å². The normalized spacial score (nSPS) is 9.29. The van der Waals surface area contributed by atoms with E-state index < -0.39 is 0 Å². The highest BCUT2D eigenvalue weighted by molar-refractivity contribution is 6.40. The lowest BCUT2D eigenvalue weighted by Gasteiger charge is -2.07. The van der Waals surface area contributed by atoms with E-state index in [-0.39, 0.29) is 10.0 Å². The SMILES string of the molecule is O=CNc1cc(Cl)c(NC=O)c(Cl)c1. The summed E-state index contributed by atoms with van der Waals surface area (Å²) in [6, 6.07) is 2.96. The lowest BCUT2D eigenvalue weighted by molar-refractivity contribution is -0.106. The monoisotopic (exact) mass is 232 g/mol. The third kappa shape index (κ3) is 2.37. The molecule has 1 aromatic rings. The quantitative estimate of drug-likeness (QED) is 0.782. The summed E-state index contributed by atoms with van der Waals surface area (Å²) in [6.45, 7) is 0. The Hall–Kier alpha value is -1.26. The van der Waals surface area contributed by atoms with E-state index in [4.69, 9.17) is 23.2 Å². The Kier molecular flexibility index (Phi) is 3.73. The maximum Gasteiger partial charge on any atom is 0.211 e. The number of carbonyl (C=O) groups is 2. The molecule has 6 heteroatoms. The van der Waals surface area contributed by atoms with Gasteiger partial charge in [0.05, 0.1) is 15.7 Å². The molecule has 0 radical (unpaired) electrons. The largest absolute Gasteiger partial charge is 0.329 e. The van der Waals surface area contributed by atoms with Crippen molar-refractivity contribution in [3.63, 3.8) is 0 Å². The first-order valence-corrected chi connectivity index (χ1v) is 4.34. The number of amides is 2. The Morgan fingerprint density at radius 3 is 1.93 bits per heavy atom. The Morgan fingerprint density at radius 1 is 1.00 bits per heavy atom. The first-order chi connectivity index (χ1) is 6.69. The van der Waals surface area contributed by atoms with Gasteiger partial charge in [-0.1, -0.05) is 23.2 Å². The first kappa shape index (κ1) is 10.8. The van der Waals surface area contributed by atoms with Crippen LogP contribution in [-0.2, 0) is 9.59 Å². The summed E-state index contributed by atoms with van der Waals surface area (Å²) >= 11 is 11.6. The maximum absolute atomic E-state index is 10.2. The van der Waals surface area contributed by atoms with Crippen molar-refractivity contribution in [1.29, 1.82) is 0 Å². The minimum atomic E-state index is 0.258. The number of benzene rings is 1. The van der Waals surface area contributed by atoms with Crippen LogP contribution in [0.4, 0.5) is 11.4 Å². The molecule has 0 bridgehead atoms. The number of hydrogen-bond acceptors (Lipinski definition) is 2. The molecule has 0 aliphatic heterocycles. The first-order valence-electron chi connectivity index (χ1n) is 3.58. The lowest BCUT2D eigenvalue weighted by atomic mass is 10.3. The fourth-order valence-corrected chi connectivity index (χ4v) is 1.52. The van der Waals surface area contributed by atoms with Crippen molar-refractivity contribution in [2.75, 3.05) is 10.6 Å². The fourth-order valence-electron chi connectivity index (χ4n) is 0.921. The van der Waals surface area contributed by atoms with Crippen LogP contribution in [-0.4, -0.2) is 12.8 Å². The third-order valence-corrected chi connectivity index (χ3v) is 2.07. The molecule has 0 aliphatic rings. The molecule has 0 heterocycles. The molecule has 0 unspecified atom stereocenters. The minimum absolute atomic E-state index is 0.258. The van der Waals surface area contributed by atoms with E-state index in [1.807, 2.05) is 0 Å². The van der Waals surface area contributed by atoms with Crippen molar-refractivity contribution in [2.45, 2.75) is 0 Å². The summed E-state index contributed by atoms with van der Waals surface area (Å²) in [5.74, 6) is 0. The van der Waals surface area contributed by atoms with E-state index in [0.29, 0.717) is 24.2 Å². The van der Waals surface area contributed by atoms with E-state index in [9.17, 15) is 9.59 Å². The average Bonchev–Trinajstić information content (AvgIpc) is 2.12. The fraction of sp³-hybridized carbons (Fsp3) is 0. The molecular weight excluding hydrogens is 227 g/mol. The van der Waals surface area contributed by atoms with Gasteiger partial charge in [-0.2, -0.15) is 0 Å². The second-order valence-electron chi connectivity index (χ2n) is 2.34. The number of halogens is 2. The molecule has 4 nitrogen and oxygen atoms in total. The second-order valence-corrected chi connectivity index (χ2v) is 3.15. The molecule has 74 valence electrons. The zero-order valence-corrected chi connectivity index (χ0v) is 8.39. The highest BCUT2D eigenvalue weighted by Gasteiger charge is 2.06. The lowest BCUT2D eigenvalue weighted by Crippen LogP contribution is -1.98. The summed E-state index contributed by atoms with van der Waals surface area (Å²) in [4.78, 5) is 20.3. The molecule has 0 saturated carbocycles. The molecule has 0 aromatic heterocycles. The Labute approximate surface area is 90.2 Å². The summed E-state index contributed by atoms with van der Waals surface area (Å²) in [6.07, 6.45) is 0.981. The van der Waals surface area contributed by atoms with Crippen molar-refractivity contribution in [2.24, 2.45) is 0 Å². The summed E-state index contributed by atoms with van der Waals surface area (Å²) in [7, 11) is 0. The van der Waals surface area contributed by atoms with Crippen LogP contribution in [0.25, 0.3) is 0 Å². The van der Waals surface area contributed by atoms with Crippen LogP contribution in [0.15, 0.2) is 12.1 Å². The van der Waals surface area contributed by atoms with Crippen LogP contribution in [0.1, 0.15) is 0 Å². The molecular formula is C8H6Cl2N2O2. The molecule has 0 fully saturated rings. The molecule has 2 N–H and O–H groups in total. The number of anilines is 2. The highest BCUT2D eigenvalue weighted by atomic mass is 35.5. The van der Waals surface area contributed by atoms with Crippen LogP contribution in [0.3, 0.4) is 0 Å². The van der Waals surface area contributed by atoms with Gasteiger partial charge in [0.15, 0.2) is 0 Å².